The average Bonchev–Trinajstić information content (AvgIpc) is 2.85. The summed E-state index contributed by atoms with van der Waals surface area (Å²) < 4.78 is 29.7. The van der Waals surface area contributed by atoms with E-state index in [1.807, 2.05) is 18.5 Å². The fourth-order valence-corrected chi connectivity index (χ4v) is 4.75. The highest BCUT2D eigenvalue weighted by Gasteiger charge is 2.22. The topological polar surface area (TPSA) is 97.3 Å². The van der Waals surface area contributed by atoms with Crippen molar-refractivity contribution in [1.82, 2.24) is 15.0 Å². The summed E-state index contributed by atoms with van der Waals surface area (Å²) in [6.07, 6.45) is 7.96. The molecule has 1 aliphatic rings. The summed E-state index contributed by atoms with van der Waals surface area (Å²) in [6.45, 7) is 8.33. The third-order valence-electron chi connectivity index (χ3n) is 6.28. The number of piperidine rings is 1. The van der Waals surface area contributed by atoms with Crippen LogP contribution >= 0.6 is 0 Å². The maximum atomic E-state index is 11.7. The number of benzene rings is 1. The number of hydrogen-bond donors (Lipinski definition) is 1. The van der Waals surface area contributed by atoms with Crippen molar-refractivity contribution in [3.05, 3.63) is 65.1 Å². The van der Waals surface area contributed by atoms with E-state index in [-0.39, 0.29) is 11.1 Å². The average molecular weight is 496 g/mol. The second-order valence-electron chi connectivity index (χ2n) is 9.06. The molecule has 1 aliphatic heterocycles. The molecule has 1 aromatic carbocycles. The highest BCUT2D eigenvalue weighted by molar-refractivity contribution is 7.90. The molecule has 0 spiro atoms. The van der Waals surface area contributed by atoms with Gasteiger partial charge in [0.1, 0.15) is 11.9 Å². The van der Waals surface area contributed by atoms with Gasteiger partial charge in [0.15, 0.2) is 14.9 Å². The van der Waals surface area contributed by atoms with Crippen molar-refractivity contribution in [3.63, 3.8) is 0 Å². The second-order valence-corrected chi connectivity index (χ2v) is 11.0. The first kappa shape index (κ1) is 24.9. The molecule has 35 heavy (non-hydrogen) atoms. The normalized spacial score (nSPS) is 14.7. The van der Waals surface area contributed by atoms with Gasteiger partial charge in [0, 0.05) is 51.1 Å². The lowest BCUT2D eigenvalue weighted by molar-refractivity contribution is 0.169. The Morgan fingerprint density at radius 3 is 2.37 bits per heavy atom. The molecule has 3 heterocycles. The molecule has 3 aromatic rings. The fourth-order valence-electron chi connectivity index (χ4n) is 4.13. The predicted octanol–water partition coefficient (Wildman–Crippen LogP) is 4.11. The predicted molar refractivity (Wildman–Crippen MR) is 138 cm³/mol. The van der Waals surface area contributed by atoms with Crippen molar-refractivity contribution in [3.8, 4) is 5.75 Å². The van der Waals surface area contributed by atoms with Gasteiger partial charge >= 0.3 is 0 Å². The van der Waals surface area contributed by atoms with E-state index in [2.05, 4.69) is 51.1 Å². The number of aromatic nitrogens is 3. The molecular formula is C26H33N5O3S. The lowest BCUT2D eigenvalue weighted by Gasteiger charge is -2.32. The maximum Gasteiger partial charge on any atom is 0.225 e. The molecule has 8 nitrogen and oxygen atoms in total. The number of nitrogens with one attached hydrogen (secondary N) is 1. The number of rotatable bonds is 8. The van der Waals surface area contributed by atoms with E-state index < -0.39 is 9.84 Å². The maximum absolute atomic E-state index is 11.7. The highest BCUT2D eigenvalue weighted by atomic mass is 32.2. The van der Waals surface area contributed by atoms with Crippen LogP contribution in [0.4, 0.5) is 11.6 Å². The summed E-state index contributed by atoms with van der Waals surface area (Å²) in [5.41, 5.74) is 4.83. The molecule has 4 rings (SSSR count). The van der Waals surface area contributed by atoms with E-state index in [9.17, 15) is 8.42 Å². The van der Waals surface area contributed by atoms with Crippen molar-refractivity contribution >= 4 is 21.5 Å². The smallest absolute Gasteiger partial charge is 0.225 e. The Hall–Kier alpha value is -3.20. The Morgan fingerprint density at radius 2 is 1.77 bits per heavy atom. The van der Waals surface area contributed by atoms with Gasteiger partial charge in [-0.15, -0.1) is 0 Å². The fraction of sp³-hybridized carbons (Fsp3) is 0.423. The number of ether oxygens (including phenoxy) is 1. The van der Waals surface area contributed by atoms with Crippen LogP contribution in [-0.4, -0.2) is 48.8 Å². The van der Waals surface area contributed by atoms with E-state index in [4.69, 9.17) is 4.74 Å². The Balaban J connectivity index is 1.31. The molecule has 9 heteroatoms. The van der Waals surface area contributed by atoms with Crippen LogP contribution in [0.2, 0.25) is 0 Å². The molecule has 0 atom stereocenters. The van der Waals surface area contributed by atoms with Crippen molar-refractivity contribution in [1.29, 1.82) is 0 Å². The van der Waals surface area contributed by atoms with E-state index in [0.29, 0.717) is 12.2 Å². The number of hydrogen-bond acceptors (Lipinski definition) is 8. The van der Waals surface area contributed by atoms with Crippen LogP contribution in [0, 0.1) is 13.8 Å². The lowest BCUT2D eigenvalue weighted by Crippen LogP contribution is -2.39. The molecule has 2 aromatic heterocycles. The molecule has 186 valence electrons. The van der Waals surface area contributed by atoms with Crippen LogP contribution in [-0.2, 0) is 22.8 Å². The number of nitrogens with zero attached hydrogens (tertiary/aromatic N) is 4. The Kier molecular flexibility index (Phi) is 7.54. The van der Waals surface area contributed by atoms with Gasteiger partial charge < -0.3 is 15.0 Å². The van der Waals surface area contributed by atoms with Crippen LogP contribution in [0.1, 0.15) is 42.1 Å². The van der Waals surface area contributed by atoms with Crippen molar-refractivity contribution in [2.45, 2.75) is 57.7 Å². The summed E-state index contributed by atoms with van der Waals surface area (Å²) in [6, 6.07) is 9.50. The minimum absolute atomic E-state index is 0.0886. The highest BCUT2D eigenvalue weighted by Crippen LogP contribution is 2.25. The van der Waals surface area contributed by atoms with Crippen molar-refractivity contribution < 1.29 is 13.2 Å². The molecule has 0 unspecified atom stereocenters. The SMILES string of the molecule is CCc1cnc(N2CCC(Oc3ccc(CNc4ccc(S(C)(=O)=O)nc4C)cc3C)CC2)nc1. The van der Waals surface area contributed by atoms with E-state index in [1.54, 1.807) is 13.0 Å². The number of pyridine rings is 1. The van der Waals surface area contributed by atoms with Gasteiger partial charge in [0.05, 0.1) is 11.4 Å². The summed E-state index contributed by atoms with van der Waals surface area (Å²) >= 11 is 0. The quantitative estimate of drug-likeness (QED) is 0.499. The minimum atomic E-state index is -3.31. The van der Waals surface area contributed by atoms with Gasteiger partial charge in [0.2, 0.25) is 5.95 Å². The van der Waals surface area contributed by atoms with Crippen LogP contribution in [0.5, 0.6) is 5.75 Å². The van der Waals surface area contributed by atoms with E-state index in [1.165, 1.54) is 6.07 Å². The van der Waals surface area contributed by atoms with Gasteiger partial charge in [-0.05, 0) is 55.2 Å². The molecule has 1 saturated heterocycles. The van der Waals surface area contributed by atoms with Crippen LogP contribution < -0.4 is 15.0 Å². The van der Waals surface area contributed by atoms with Gasteiger partial charge in [-0.2, -0.15) is 0 Å². The van der Waals surface area contributed by atoms with Crippen molar-refractivity contribution in [2.24, 2.45) is 0 Å². The number of sulfone groups is 1. The second kappa shape index (κ2) is 10.6. The van der Waals surface area contributed by atoms with Gasteiger partial charge in [-0.1, -0.05) is 19.1 Å². The minimum Gasteiger partial charge on any atom is -0.490 e. The zero-order valence-corrected chi connectivity index (χ0v) is 21.6. The molecule has 0 radical (unpaired) electrons. The largest absolute Gasteiger partial charge is 0.490 e. The third-order valence-corrected chi connectivity index (χ3v) is 7.27. The summed E-state index contributed by atoms with van der Waals surface area (Å²) in [7, 11) is -3.31. The van der Waals surface area contributed by atoms with Crippen LogP contribution in [0.15, 0.2) is 47.8 Å². The zero-order valence-electron chi connectivity index (χ0n) is 20.8. The van der Waals surface area contributed by atoms with Gasteiger partial charge in [-0.3, -0.25) is 0 Å². The standard InChI is InChI=1S/C26H33N5O3S/c1-5-20-15-28-26(29-16-20)31-12-10-22(11-13-31)34-24-8-6-21(14-18(24)2)17-27-23-7-9-25(30-19(23)3)35(4,32)33/h6-9,14-16,22,27H,5,10-13,17H2,1-4H3. The molecular weight excluding hydrogens is 462 g/mol. The van der Waals surface area contributed by atoms with Crippen molar-refractivity contribution in [2.75, 3.05) is 29.6 Å². The summed E-state index contributed by atoms with van der Waals surface area (Å²) in [5, 5.41) is 3.44. The molecule has 0 aliphatic carbocycles. The van der Waals surface area contributed by atoms with E-state index >= 15 is 0 Å². The Morgan fingerprint density at radius 1 is 1.06 bits per heavy atom. The van der Waals surface area contributed by atoms with E-state index in [0.717, 1.165) is 72.7 Å². The Bertz CT molecular complexity index is 1270. The first-order valence-electron chi connectivity index (χ1n) is 12.0. The van der Waals surface area contributed by atoms with Crippen LogP contribution in [0.3, 0.4) is 0 Å². The first-order valence-corrected chi connectivity index (χ1v) is 13.9. The molecule has 0 amide bonds. The molecule has 0 bridgehead atoms. The van der Waals surface area contributed by atoms with Gasteiger partial charge in [0.25, 0.3) is 0 Å². The third kappa shape index (κ3) is 6.28. The molecule has 1 fully saturated rings. The number of anilines is 2. The first-order chi connectivity index (χ1) is 16.7. The lowest BCUT2D eigenvalue weighted by atomic mass is 10.1. The summed E-state index contributed by atoms with van der Waals surface area (Å²) in [4.78, 5) is 15.4. The van der Waals surface area contributed by atoms with Crippen LogP contribution in [0.25, 0.3) is 0 Å². The summed E-state index contributed by atoms with van der Waals surface area (Å²) in [5.74, 6) is 1.70. The zero-order chi connectivity index (χ0) is 25.0. The molecule has 1 N–H and O–H groups in total. The number of aryl methyl sites for hydroxylation is 3. The monoisotopic (exact) mass is 495 g/mol. The van der Waals surface area contributed by atoms with Gasteiger partial charge in [-0.25, -0.2) is 23.4 Å². The molecule has 0 saturated carbocycles. The Labute approximate surface area is 207 Å².